The Morgan fingerprint density at radius 1 is 1.29 bits per heavy atom. The molecule has 0 aromatic heterocycles. The normalized spacial score (nSPS) is 24.0. The lowest BCUT2D eigenvalue weighted by atomic mass is 9.93. The molecule has 1 aliphatic heterocycles. The van der Waals surface area contributed by atoms with Gasteiger partial charge in [-0.15, -0.1) is 0 Å². The van der Waals surface area contributed by atoms with Crippen LogP contribution in [0.5, 0.6) is 0 Å². The zero-order valence-electron chi connectivity index (χ0n) is 11.3. The monoisotopic (exact) mass is 351 g/mol. The summed E-state index contributed by atoms with van der Waals surface area (Å²) in [5, 5.41) is 9.52. The maximum Gasteiger partial charge on any atom is 0.306 e. The van der Waals surface area contributed by atoms with E-state index in [9.17, 15) is 13.2 Å². The van der Waals surface area contributed by atoms with Gasteiger partial charge in [-0.1, -0.05) is 23.2 Å². The average molecular weight is 352 g/mol. The van der Waals surface area contributed by atoms with Gasteiger partial charge in [-0.2, -0.15) is 4.31 Å². The molecule has 5 nitrogen and oxygen atoms in total. The van der Waals surface area contributed by atoms with Gasteiger partial charge < -0.3 is 5.11 Å². The zero-order chi connectivity index (χ0) is 15.8. The van der Waals surface area contributed by atoms with Crippen LogP contribution >= 0.6 is 23.2 Å². The fourth-order valence-electron chi connectivity index (χ4n) is 2.54. The molecule has 1 aromatic carbocycles. The summed E-state index contributed by atoms with van der Waals surface area (Å²) < 4.78 is 26.6. The number of hydrogen-bond acceptors (Lipinski definition) is 3. The molecule has 8 heteroatoms. The average Bonchev–Trinajstić information content (AvgIpc) is 2.36. The number of carboxylic acid groups (broad SMARTS) is 1. The number of aliphatic carboxylic acids is 1. The second-order valence-corrected chi connectivity index (χ2v) is 7.89. The Labute approximate surface area is 133 Å². The van der Waals surface area contributed by atoms with Gasteiger partial charge in [0.15, 0.2) is 0 Å². The van der Waals surface area contributed by atoms with Crippen molar-refractivity contribution >= 4 is 39.2 Å². The zero-order valence-corrected chi connectivity index (χ0v) is 13.6. The van der Waals surface area contributed by atoms with Crippen LogP contribution in [-0.2, 0) is 14.8 Å². The maximum atomic E-state index is 12.6. The molecule has 0 amide bonds. The molecule has 21 heavy (non-hydrogen) atoms. The van der Waals surface area contributed by atoms with E-state index in [1.54, 1.807) is 6.92 Å². The number of piperidine rings is 1. The van der Waals surface area contributed by atoms with Crippen molar-refractivity contribution in [2.75, 3.05) is 6.54 Å². The highest BCUT2D eigenvalue weighted by Crippen LogP contribution is 2.31. The molecule has 1 aliphatic rings. The van der Waals surface area contributed by atoms with E-state index < -0.39 is 21.9 Å². The Hall–Kier alpha value is -0.820. The molecule has 2 unspecified atom stereocenters. The summed E-state index contributed by atoms with van der Waals surface area (Å²) in [6.07, 6.45) is 0.593. The van der Waals surface area contributed by atoms with Crippen LogP contribution in [0.25, 0.3) is 0 Å². The number of nitrogens with zero attached hydrogens (tertiary/aromatic N) is 1. The highest BCUT2D eigenvalue weighted by molar-refractivity contribution is 7.89. The molecule has 116 valence electrons. The van der Waals surface area contributed by atoms with Gasteiger partial charge in [0.2, 0.25) is 10.0 Å². The first kappa shape index (κ1) is 16.5. The minimum absolute atomic E-state index is 0.0284. The van der Waals surface area contributed by atoms with Gasteiger partial charge in [0.05, 0.1) is 10.8 Å². The maximum absolute atomic E-state index is 12.6. The predicted molar refractivity (Wildman–Crippen MR) is 80.2 cm³/mol. The van der Waals surface area contributed by atoms with Crippen LogP contribution in [0.15, 0.2) is 23.1 Å². The fourth-order valence-corrected chi connectivity index (χ4v) is 4.93. The van der Waals surface area contributed by atoms with Gasteiger partial charge in [-0.05, 0) is 38.0 Å². The van der Waals surface area contributed by atoms with Crippen molar-refractivity contribution in [1.29, 1.82) is 0 Å². The van der Waals surface area contributed by atoms with E-state index in [1.807, 2.05) is 0 Å². The smallest absolute Gasteiger partial charge is 0.306 e. The Morgan fingerprint density at radius 2 is 1.86 bits per heavy atom. The SMILES string of the molecule is CC1CC(C(=O)O)CCN1S(=O)(=O)c1cc(Cl)cc(Cl)c1. The molecule has 0 saturated carbocycles. The lowest BCUT2D eigenvalue weighted by Gasteiger charge is -2.35. The van der Waals surface area contributed by atoms with Gasteiger partial charge in [0.1, 0.15) is 0 Å². The number of carbonyl (C=O) groups is 1. The largest absolute Gasteiger partial charge is 0.481 e. The second-order valence-electron chi connectivity index (χ2n) is 5.13. The predicted octanol–water partition coefficient (Wildman–Crippen LogP) is 2.87. The van der Waals surface area contributed by atoms with E-state index >= 15 is 0 Å². The molecule has 2 atom stereocenters. The summed E-state index contributed by atoms with van der Waals surface area (Å²) in [4.78, 5) is 11.0. The van der Waals surface area contributed by atoms with Crippen LogP contribution < -0.4 is 0 Å². The third kappa shape index (κ3) is 3.51. The van der Waals surface area contributed by atoms with Gasteiger partial charge in [-0.3, -0.25) is 4.79 Å². The Balaban J connectivity index is 2.30. The lowest BCUT2D eigenvalue weighted by molar-refractivity contribution is -0.143. The molecule has 1 fully saturated rings. The Morgan fingerprint density at radius 3 is 2.33 bits per heavy atom. The summed E-state index contributed by atoms with van der Waals surface area (Å²) >= 11 is 11.7. The minimum Gasteiger partial charge on any atom is -0.481 e. The fraction of sp³-hybridized carbons (Fsp3) is 0.462. The summed E-state index contributed by atoms with van der Waals surface area (Å²) in [5.74, 6) is -1.39. The molecular weight excluding hydrogens is 337 g/mol. The Bertz CT molecular complexity index is 642. The van der Waals surface area contributed by atoms with Crippen molar-refractivity contribution in [3.05, 3.63) is 28.2 Å². The molecule has 0 spiro atoms. The molecule has 1 heterocycles. The van der Waals surface area contributed by atoms with E-state index in [1.165, 1.54) is 22.5 Å². The second kappa shape index (κ2) is 6.12. The van der Waals surface area contributed by atoms with Crippen LogP contribution in [0, 0.1) is 5.92 Å². The van der Waals surface area contributed by atoms with Crippen LogP contribution in [0.4, 0.5) is 0 Å². The van der Waals surface area contributed by atoms with Crippen LogP contribution in [-0.4, -0.2) is 36.4 Å². The lowest BCUT2D eigenvalue weighted by Crippen LogP contribution is -2.45. The highest BCUT2D eigenvalue weighted by Gasteiger charge is 2.36. The van der Waals surface area contributed by atoms with E-state index in [0.29, 0.717) is 12.8 Å². The third-order valence-electron chi connectivity index (χ3n) is 3.61. The van der Waals surface area contributed by atoms with Crippen molar-refractivity contribution in [1.82, 2.24) is 4.31 Å². The van der Waals surface area contributed by atoms with Crippen molar-refractivity contribution in [3.63, 3.8) is 0 Å². The molecule has 2 rings (SSSR count). The van der Waals surface area contributed by atoms with E-state index in [-0.39, 0.29) is 27.5 Å². The number of halogens is 2. The van der Waals surface area contributed by atoms with Gasteiger partial charge in [-0.25, -0.2) is 8.42 Å². The van der Waals surface area contributed by atoms with Gasteiger partial charge in [0, 0.05) is 22.6 Å². The highest BCUT2D eigenvalue weighted by atomic mass is 35.5. The van der Waals surface area contributed by atoms with Crippen molar-refractivity contribution < 1.29 is 18.3 Å². The molecule has 1 aromatic rings. The molecule has 1 saturated heterocycles. The number of benzene rings is 1. The Kier molecular flexibility index (Phi) is 4.82. The quantitative estimate of drug-likeness (QED) is 0.908. The summed E-state index contributed by atoms with van der Waals surface area (Å²) in [6, 6.07) is 3.77. The topological polar surface area (TPSA) is 74.7 Å². The van der Waals surface area contributed by atoms with Gasteiger partial charge >= 0.3 is 5.97 Å². The summed E-state index contributed by atoms with van der Waals surface area (Å²) in [7, 11) is -3.73. The molecule has 0 aliphatic carbocycles. The van der Waals surface area contributed by atoms with Gasteiger partial charge in [0.25, 0.3) is 0 Å². The van der Waals surface area contributed by atoms with Crippen LogP contribution in [0.3, 0.4) is 0 Å². The number of hydrogen-bond donors (Lipinski definition) is 1. The first-order valence-corrected chi connectivity index (χ1v) is 8.62. The third-order valence-corrected chi connectivity index (χ3v) is 6.03. The summed E-state index contributed by atoms with van der Waals surface area (Å²) in [5.41, 5.74) is 0. The van der Waals surface area contributed by atoms with E-state index in [4.69, 9.17) is 28.3 Å². The minimum atomic E-state index is -3.73. The molecular formula is C13H15Cl2NO4S. The first-order chi connectivity index (χ1) is 9.71. The van der Waals surface area contributed by atoms with E-state index in [2.05, 4.69) is 0 Å². The van der Waals surface area contributed by atoms with Crippen molar-refractivity contribution in [2.24, 2.45) is 5.92 Å². The summed E-state index contributed by atoms with van der Waals surface area (Å²) in [6.45, 7) is 1.88. The standard InChI is InChI=1S/C13H15Cl2NO4S/c1-8-4-9(13(17)18)2-3-16(8)21(19,20)12-6-10(14)5-11(15)7-12/h5-9H,2-4H2,1H3,(H,17,18). The van der Waals surface area contributed by atoms with Crippen LogP contribution in [0.2, 0.25) is 10.0 Å². The molecule has 1 N–H and O–H groups in total. The number of rotatable bonds is 3. The molecule has 0 radical (unpaired) electrons. The van der Waals surface area contributed by atoms with Crippen molar-refractivity contribution in [2.45, 2.75) is 30.7 Å². The first-order valence-electron chi connectivity index (χ1n) is 6.42. The van der Waals surface area contributed by atoms with E-state index in [0.717, 1.165) is 0 Å². The molecule has 0 bridgehead atoms. The number of sulfonamides is 1. The van der Waals surface area contributed by atoms with Crippen molar-refractivity contribution in [3.8, 4) is 0 Å². The number of carboxylic acids is 1. The van der Waals surface area contributed by atoms with Crippen LogP contribution in [0.1, 0.15) is 19.8 Å².